The molecule has 0 bridgehead atoms. The zero-order valence-electron chi connectivity index (χ0n) is 28.0. The van der Waals surface area contributed by atoms with Crippen LogP contribution in [0.5, 0.6) is 0 Å². The Morgan fingerprint density at radius 1 is 0.423 bits per heavy atom. The lowest BCUT2D eigenvalue weighted by Gasteiger charge is -2.15. The number of benzene rings is 8. The van der Waals surface area contributed by atoms with Gasteiger partial charge in [-0.05, 0) is 64.0 Å². The normalized spacial score (nSPS) is 11.8. The van der Waals surface area contributed by atoms with Crippen molar-refractivity contribution < 1.29 is 0 Å². The van der Waals surface area contributed by atoms with Crippen molar-refractivity contribution in [2.75, 3.05) is 0 Å². The van der Waals surface area contributed by atoms with Crippen LogP contribution < -0.4 is 0 Å². The number of hydrogen-bond acceptors (Lipinski definition) is 3. The molecule has 0 aliphatic rings. The van der Waals surface area contributed by atoms with Crippen molar-refractivity contribution in [3.8, 4) is 39.5 Å². The fourth-order valence-electron chi connectivity index (χ4n) is 7.99. The molecule has 4 heteroatoms. The number of nitrogens with zero attached hydrogens (tertiary/aromatic N) is 3. The molecule has 3 heterocycles. The van der Waals surface area contributed by atoms with Crippen molar-refractivity contribution in [1.82, 2.24) is 14.5 Å². The van der Waals surface area contributed by atoms with Crippen LogP contribution in [0, 0.1) is 0 Å². The van der Waals surface area contributed by atoms with Crippen molar-refractivity contribution in [1.29, 1.82) is 0 Å². The Labute approximate surface area is 303 Å². The third-order valence-electron chi connectivity index (χ3n) is 10.4. The number of para-hydroxylation sites is 2. The second kappa shape index (κ2) is 11.5. The first-order valence-corrected chi connectivity index (χ1v) is 18.4. The quantitative estimate of drug-likeness (QED) is 0.185. The molecule has 3 aromatic heterocycles. The Kier molecular flexibility index (Phi) is 6.42. The minimum Gasteiger partial charge on any atom is -0.277 e. The van der Waals surface area contributed by atoms with Gasteiger partial charge >= 0.3 is 0 Å². The molecule has 0 fully saturated rings. The summed E-state index contributed by atoms with van der Waals surface area (Å²) < 4.78 is 4.89. The minimum atomic E-state index is 0.664. The molecular formula is C48H29N3S. The molecule has 242 valence electrons. The van der Waals surface area contributed by atoms with Crippen molar-refractivity contribution in [2.45, 2.75) is 0 Å². The first-order valence-electron chi connectivity index (χ1n) is 17.6. The van der Waals surface area contributed by atoms with Crippen molar-refractivity contribution in [3.05, 3.63) is 176 Å². The van der Waals surface area contributed by atoms with Gasteiger partial charge in [-0.1, -0.05) is 140 Å². The Bertz CT molecular complexity index is 3110. The molecule has 0 atom stereocenters. The van der Waals surface area contributed by atoms with E-state index in [-0.39, 0.29) is 0 Å². The monoisotopic (exact) mass is 679 g/mol. The Morgan fingerprint density at radius 2 is 1.02 bits per heavy atom. The zero-order valence-corrected chi connectivity index (χ0v) is 28.8. The first kappa shape index (κ1) is 29.1. The van der Waals surface area contributed by atoms with Crippen molar-refractivity contribution in [2.24, 2.45) is 0 Å². The first-order chi connectivity index (χ1) is 25.8. The molecule has 0 amide bonds. The third kappa shape index (κ3) is 4.45. The standard InChI is InChI=1S/C48H29N3S/c1-3-13-30(14-4-1)33-27-34(31-15-5-2-6-16-31)29-35(28-33)45-40-19-7-10-20-41(40)49-48(50-45)51-42-21-11-8-17-36(42)38-25-23-32-24-26-39-37-18-9-12-22-43(37)52-47(39)44(32)46(38)51/h1-29H. The molecular weight excluding hydrogens is 651 g/mol. The van der Waals surface area contributed by atoms with Gasteiger partial charge in [-0.3, -0.25) is 4.57 Å². The number of hydrogen-bond donors (Lipinski definition) is 0. The summed E-state index contributed by atoms with van der Waals surface area (Å²) in [6.45, 7) is 0. The maximum Gasteiger partial charge on any atom is 0.235 e. The van der Waals surface area contributed by atoms with E-state index in [1.54, 1.807) is 0 Å². The third-order valence-corrected chi connectivity index (χ3v) is 11.6. The molecule has 0 aliphatic carbocycles. The van der Waals surface area contributed by atoms with Gasteiger partial charge in [-0.25, -0.2) is 9.97 Å². The van der Waals surface area contributed by atoms with Gasteiger partial charge in [0.2, 0.25) is 5.95 Å². The van der Waals surface area contributed by atoms with E-state index in [2.05, 4.69) is 180 Å². The highest BCUT2D eigenvalue weighted by atomic mass is 32.1. The van der Waals surface area contributed by atoms with Crippen LogP contribution in [0.3, 0.4) is 0 Å². The number of fused-ring (bicyclic) bond motifs is 10. The van der Waals surface area contributed by atoms with Gasteiger partial charge in [0.15, 0.2) is 0 Å². The van der Waals surface area contributed by atoms with E-state index in [9.17, 15) is 0 Å². The van der Waals surface area contributed by atoms with E-state index in [1.807, 2.05) is 11.3 Å². The van der Waals surface area contributed by atoms with Crippen LogP contribution in [0.4, 0.5) is 0 Å². The second-order valence-corrected chi connectivity index (χ2v) is 14.4. The second-order valence-electron chi connectivity index (χ2n) is 13.4. The molecule has 52 heavy (non-hydrogen) atoms. The summed E-state index contributed by atoms with van der Waals surface area (Å²) >= 11 is 1.87. The summed E-state index contributed by atoms with van der Waals surface area (Å²) in [6.07, 6.45) is 0. The Hall–Kier alpha value is -6.62. The van der Waals surface area contributed by atoms with Gasteiger partial charge in [-0.2, -0.15) is 0 Å². The Balaban J connectivity index is 1.26. The van der Waals surface area contributed by atoms with Crippen molar-refractivity contribution >= 4 is 75.0 Å². The maximum atomic E-state index is 5.57. The summed E-state index contributed by atoms with van der Waals surface area (Å²) in [6, 6.07) is 63.0. The fraction of sp³-hybridized carbons (Fsp3) is 0. The lowest BCUT2D eigenvalue weighted by Crippen LogP contribution is -2.04. The molecule has 0 aliphatic heterocycles. The summed E-state index contributed by atoms with van der Waals surface area (Å²) in [4.78, 5) is 10.9. The van der Waals surface area contributed by atoms with E-state index in [0.717, 1.165) is 44.3 Å². The minimum absolute atomic E-state index is 0.664. The molecule has 3 nitrogen and oxygen atoms in total. The van der Waals surface area contributed by atoms with Crippen LogP contribution in [0.25, 0.3) is 103 Å². The summed E-state index contributed by atoms with van der Waals surface area (Å²) in [5, 5.41) is 8.43. The number of rotatable bonds is 4. The molecule has 0 saturated heterocycles. The van der Waals surface area contributed by atoms with E-state index in [4.69, 9.17) is 9.97 Å². The van der Waals surface area contributed by atoms with Gasteiger partial charge in [-0.15, -0.1) is 11.3 Å². The van der Waals surface area contributed by atoms with Crippen LogP contribution in [-0.2, 0) is 0 Å². The Morgan fingerprint density at radius 3 is 1.77 bits per heavy atom. The maximum absolute atomic E-state index is 5.57. The molecule has 0 saturated carbocycles. The number of aromatic nitrogens is 3. The van der Waals surface area contributed by atoms with Crippen LogP contribution >= 0.6 is 11.3 Å². The molecule has 0 spiro atoms. The molecule has 0 unspecified atom stereocenters. The van der Waals surface area contributed by atoms with Gasteiger partial charge in [0, 0.05) is 47.3 Å². The van der Waals surface area contributed by atoms with Crippen LogP contribution in [0.2, 0.25) is 0 Å². The molecule has 0 radical (unpaired) electrons. The van der Waals surface area contributed by atoms with Crippen LogP contribution in [-0.4, -0.2) is 14.5 Å². The van der Waals surface area contributed by atoms with Gasteiger partial charge in [0.05, 0.1) is 22.2 Å². The highest BCUT2D eigenvalue weighted by Crippen LogP contribution is 2.44. The average molecular weight is 680 g/mol. The largest absolute Gasteiger partial charge is 0.277 e. The van der Waals surface area contributed by atoms with Gasteiger partial charge in [0.1, 0.15) is 0 Å². The lowest BCUT2D eigenvalue weighted by molar-refractivity contribution is 1.02. The smallest absolute Gasteiger partial charge is 0.235 e. The lowest BCUT2D eigenvalue weighted by atomic mass is 9.94. The predicted octanol–water partition coefficient (Wildman–Crippen LogP) is 13.2. The molecule has 11 rings (SSSR count). The van der Waals surface area contributed by atoms with Gasteiger partial charge < -0.3 is 0 Å². The zero-order chi connectivity index (χ0) is 34.2. The highest BCUT2D eigenvalue weighted by molar-refractivity contribution is 7.26. The highest BCUT2D eigenvalue weighted by Gasteiger charge is 2.21. The van der Waals surface area contributed by atoms with E-state index < -0.39 is 0 Å². The van der Waals surface area contributed by atoms with Crippen molar-refractivity contribution in [3.63, 3.8) is 0 Å². The summed E-state index contributed by atoms with van der Waals surface area (Å²) in [5.41, 5.74) is 9.74. The average Bonchev–Trinajstić information content (AvgIpc) is 3.77. The van der Waals surface area contributed by atoms with E-state index >= 15 is 0 Å². The SMILES string of the molecule is c1ccc(-c2cc(-c3ccccc3)cc(-c3nc(-n4c5ccccc5c5ccc6ccc7c8ccccc8sc7c6c54)nc4ccccc34)c2)cc1. The van der Waals surface area contributed by atoms with Crippen LogP contribution in [0.15, 0.2) is 176 Å². The predicted molar refractivity (Wildman–Crippen MR) is 221 cm³/mol. The topological polar surface area (TPSA) is 30.7 Å². The number of thiophene rings is 1. The summed E-state index contributed by atoms with van der Waals surface area (Å²) in [7, 11) is 0. The molecule has 8 aromatic carbocycles. The van der Waals surface area contributed by atoms with Gasteiger partial charge in [0.25, 0.3) is 0 Å². The van der Waals surface area contributed by atoms with Crippen LogP contribution in [0.1, 0.15) is 0 Å². The van der Waals surface area contributed by atoms with E-state index in [1.165, 1.54) is 52.8 Å². The fourth-order valence-corrected chi connectivity index (χ4v) is 9.25. The summed E-state index contributed by atoms with van der Waals surface area (Å²) in [5.74, 6) is 0.664. The molecule has 11 aromatic rings. The molecule has 0 N–H and O–H groups in total. The van der Waals surface area contributed by atoms with E-state index in [0.29, 0.717) is 5.95 Å².